The third-order valence-electron chi connectivity index (χ3n) is 6.41. The van der Waals surface area contributed by atoms with E-state index >= 15 is 0 Å². The van der Waals surface area contributed by atoms with Crippen molar-refractivity contribution < 1.29 is 19.7 Å². The third-order valence-corrected chi connectivity index (χ3v) is 6.71. The average Bonchev–Trinajstić information content (AvgIpc) is 3.32. The van der Waals surface area contributed by atoms with Crippen LogP contribution < -0.4 is 5.32 Å². The molecule has 4 rings (SSSR count). The lowest BCUT2D eigenvalue weighted by atomic mass is 10.0. The number of amides is 1. The Kier molecular flexibility index (Phi) is 8.09. The Morgan fingerprint density at radius 1 is 1.12 bits per heavy atom. The summed E-state index contributed by atoms with van der Waals surface area (Å²) in [6, 6.07) is 10.8. The second-order valence-electron chi connectivity index (χ2n) is 8.71. The van der Waals surface area contributed by atoms with Gasteiger partial charge in [-0.2, -0.15) is 0 Å². The van der Waals surface area contributed by atoms with Crippen molar-refractivity contribution in [2.45, 2.75) is 31.8 Å². The number of carbonyl (C=O) groups excluding carboxylic acids is 1. The predicted molar refractivity (Wildman–Crippen MR) is 128 cm³/mol. The fraction of sp³-hybridized carbons (Fsp3) is 0.480. The molecular weight excluding hydrogens is 442 g/mol. The summed E-state index contributed by atoms with van der Waals surface area (Å²) < 4.78 is 5.39. The van der Waals surface area contributed by atoms with Crippen LogP contribution in [0.2, 0.25) is 5.02 Å². The van der Waals surface area contributed by atoms with Gasteiger partial charge in [-0.3, -0.25) is 9.69 Å². The minimum Gasteiger partial charge on any atom is -0.507 e. The number of hydrogen-bond donors (Lipinski definition) is 3. The van der Waals surface area contributed by atoms with Crippen LogP contribution in [0.3, 0.4) is 0 Å². The van der Waals surface area contributed by atoms with Gasteiger partial charge in [0.2, 0.25) is 0 Å². The Hall–Kier alpha value is -2.32. The zero-order valence-electron chi connectivity index (χ0n) is 18.8. The molecule has 33 heavy (non-hydrogen) atoms. The van der Waals surface area contributed by atoms with E-state index in [2.05, 4.69) is 28.4 Å². The topological polar surface area (TPSA) is 85.3 Å². The van der Waals surface area contributed by atoms with Crippen LogP contribution in [0.1, 0.15) is 46.8 Å². The monoisotopic (exact) mass is 473 g/mol. The van der Waals surface area contributed by atoms with Gasteiger partial charge >= 0.3 is 0 Å². The molecule has 2 aliphatic heterocycles. The molecule has 2 aliphatic rings. The van der Waals surface area contributed by atoms with Crippen molar-refractivity contribution in [1.29, 1.82) is 0 Å². The maximum atomic E-state index is 13.2. The van der Waals surface area contributed by atoms with Gasteiger partial charge in [-0.15, -0.1) is 0 Å². The lowest BCUT2D eigenvalue weighted by Gasteiger charge is -2.26. The van der Waals surface area contributed by atoms with Gasteiger partial charge in [0, 0.05) is 32.2 Å². The van der Waals surface area contributed by atoms with Crippen LogP contribution in [-0.2, 0) is 11.3 Å². The van der Waals surface area contributed by atoms with E-state index in [1.807, 2.05) is 6.07 Å². The maximum Gasteiger partial charge on any atom is 0.258 e. The number of morpholine rings is 1. The number of nitrogens with zero attached hydrogens (tertiary/aromatic N) is 2. The first-order valence-electron chi connectivity index (χ1n) is 11.6. The molecule has 7 nitrogen and oxygen atoms in total. The fourth-order valence-electron chi connectivity index (χ4n) is 4.63. The first kappa shape index (κ1) is 23.8. The van der Waals surface area contributed by atoms with E-state index in [9.17, 15) is 15.0 Å². The molecule has 2 fully saturated rings. The van der Waals surface area contributed by atoms with Crippen LogP contribution >= 0.6 is 11.6 Å². The van der Waals surface area contributed by atoms with Gasteiger partial charge in [0.05, 0.1) is 29.8 Å². The molecule has 0 radical (unpaired) electrons. The second kappa shape index (κ2) is 11.2. The number of phenols is 2. The van der Waals surface area contributed by atoms with E-state index in [0.29, 0.717) is 6.54 Å². The molecular formula is C25H32ClN3O4. The molecule has 0 aromatic heterocycles. The first-order valence-corrected chi connectivity index (χ1v) is 12.0. The largest absolute Gasteiger partial charge is 0.507 e. The molecule has 2 aromatic carbocycles. The number of ether oxygens (including phenoxy) is 1. The fourth-order valence-corrected chi connectivity index (χ4v) is 4.79. The Bertz CT molecular complexity index is 965. The molecule has 3 N–H and O–H groups in total. The number of benzene rings is 2. The molecule has 0 spiro atoms. The van der Waals surface area contributed by atoms with Gasteiger partial charge < -0.3 is 25.2 Å². The van der Waals surface area contributed by atoms with Gasteiger partial charge in [0.1, 0.15) is 11.5 Å². The maximum absolute atomic E-state index is 13.2. The standard InChI is InChI=1S/C25H32ClN3O4/c26-21-15-20(23(30)16-24(21)31)25(32)29-9-2-6-22(29)19-5-1-4-18(14-19)17-27-7-3-8-28-10-12-33-13-11-28/h1,4-5,14-16,22,27,30-31H,2-3,6-13,17H2. The van der Waals surface area contributed by atoms with Crippen molar-refractivity contribution in [3.8, 4) is 11.5 Å². The van der Waals surface area contributed by atoms with Crippen LogP contribution in [0, 0.1) is 0 Å². The molecule has 2 heterocycles. The van der Waals surface area contributed by atoms with Gasteiger partial charge in [0.25, 0.3) is 5.91 Å². The molecule has 1 amide bonds. The lowest BCUT2D eigenvalue weighted by Crippen LogP contribution is -2.37. The highest BCUT2D eigenvalue weighted by atomic mass is 35.5. The molecule has 2 saturated heterocycles. The van der Waals surface area contributed by atoms with E-state index in [1.165, 1.54) is 11.6 Å². The Morgan fingerprint density at radius 3 is 2.76 bits per heavy atom. The summed E-state index contributed by atoms with van der Waals surface area (Å²) in [5.74, 6) is -0.778. The quantitative estimate of drug-likeness (QED) is 0.508. The van der Waals surface area contributed by atoms with Crippen LogP contribution in [0.25, 0.3) is 0 Å². The van der Waals surface area contributed by atoms with Crippen molar-refractivity contribution in [2.75, 3.05) is 45.9 Å². The van der Waals surface area contributed by atoms with Crippen LogP contribution in [0.15, 0.2) is 36.4 Å². The Morgan fingerprint density at radius 2 is 1.94 bits per heavy atom. The van der Waals surface area contributed by atoms with E-state index < -0.39 is 0 Å². The first-order chi connectivity index (χ1) is 16.0. The van der Waals surface area contributed by atoms with Crippen molar-refractivity contribution in [3.05, 3.63) is 58.1 Å². The highest BCUT2D eigenvalue weighted by molar-refractivity contribution is 6.32. The second-order valence-corrected chi connectivity index (χ2v) is 9.11. The molecule has 0 aliphatic carbocycles. The van der Waals surface area contributed by atoms with E-state index in [-0.39, 0.29) is 34.0 Å². The smallest absolute Gasteiger partial charge is 0.258 e. The molecule has 0 bridgehead atoms. The van der Waals surface area contributed by atoms with E-state index in [1.54, 1.807) is 4.90 Å². The van der Waals surface area contributed by atoms with Crippen molar-refractivity contribution in [1.82, 2.24) is 15.1 Å². The summed E-state index contributed by atoms with van der Waals surface area (Å²) in [6.45, 7) is 7.15. The number of carbonyl (C=O) groups is 1. The Labute approximate surface area is 199 Å². The highest BCUT2D eigenvalue weighted by Gasteiger charge is 2.32. The summed E-state index contributed by atoms with van der Waals surface area (Å²) >= 11 is 5.98. The van der Waals surface area contributed by atoms with Gasteiger partial charge in [-0.05, 0) is 49.5 Å². The molecule has 1 atom stereocenters. The number of halogens is 1. The van der Waals surface area contributed by atoms with Crippen LogP contribution in [0.4, 0.5) is 0 Å². The third kappa shape index (κ3) is 5.98. The zero-order chi connectivity index (χ0) is 23.2. The SMILES string of the molecule is O=C(c1cc(Cl)c(O)cc1O)N1CCCC1c1cccc(CNCCCN2CCOCC2)c1. The minimum absolute atomic E-state index is 0.0496. The van der Waals surface area contributed by atoms with Gasteiger partial charge in [0.15, 0.2) is 0 Å². The summed E-state index contributed by atoms with van der Waals surface area (Å²) in [6.07, 6.45) is 2.87. The van der Waals surface area contributed by atoms with Crippen molar-refractivity contribution in [3.63, 3.8) is 0 Å². The summed E-state index contributed by atoms with van der Waals surface area (Å²) in [5.41, 5.74) is 2.40. The number of nitrogens with one attached hydrogen (secondary N) is 1. The number of rotatable bonds is 8. The summed E-state index contributed by atoms with van der Waals surface area (Å²) in [4.78, 5) is 17.4. The van der Waals surface area contributed by atoms with Crippen molar-refractivity contribution >= 4 is 17.5 Å². The molecule has 0 saturated carbocycles. The number of phenolic OH excluding ortho intramolecular Hbond substituents is 2. The average molecular weight is 474 g/mol. The minimum atomic E-state index is -0.274. The van der Waals surface area contributed by atoms with Gasteiger partial charge in [-0.1, -0.05) is 35.9 Å². The van der Waals surface area contributed by atoms with E-state index in [4.69, 9.17) is 16.3 Å². The summed E-state index contributed by atoms with van der Waals surface area (Å²) in [5, 5.41) is 23.4. The van der Waals surface area contributed by atoms with E-state index in [0.717, 1.165) is 76.8 Å². The Balaban J connectivity index is 1.35. The number of likely N-dealkylation sites (tertiary alicyclic amines) is 1. The number of hydrogen-bond acceptors (Lipinski definition) is 6. The molecule has 2 aromatic rings. The molecule has 1 unspecified atom stereocenters. The number of aromatic hydroxyl groups is 2. The zero-order valence-corrected chi connectivity index (χ0v) is 19.6. The van der Waals surface area contributed by atoms with Crippen LogP contribution in [-0.4, -0.2) is 71.9 Å². The van der Waals surface area contributed by atoms with Crippen molar-refractivity contribution in [2.24, 2.45) is 0 Å². The van der Waals surface area contributed by atoms with Gasteiger partial charge in [-0.25, -0.2) is 0 Å². The summed E-state index contributed by atoms with van der Waals surface area (Å²) in [7, 11) is 0. The normalized spacial score (nSPS) is 19.2. The highest BCUT2D eigenvalue weighted by Crippen LogP contribution is 2.37. The molecule has 178 valence electrons. The molecule has 8 heteroatoms. The lowest BCUT2D eigenvalue weighted by molar-refractivity contribution is 0.0374. The van der Waals surface area contributed by atoms with Crippen LogP contribution in [0.5, 0.6) is 11.5 Å². The predicted octanol–water partition coefficient (Wildman–Crippen LogP) is 3.54.